The van der Waals surface area contributed by atoms with Crippen LogP contribution in [0.3, 0.4) is 0 Å². The van der Waals surface area contributed by atoms with Gasteiger partial charge >= 0.3 is 6.03 Å². The quantitative estimate of drug-likeness (QED) is 0.533. The standard InChI is InChI=1S/C19H20ClN5O6/c1-2-29-15-9-30-14-4-3-10(20)5-11(14)23-19(28)25-16-7-22-12(6-21)18(24-16)31-8-13(26)17(15)27/h3-5,7,13,15,17,26-27H,2,8-9H2,1H3,(H2,23,24,25,28). The van der Waals surface area contributed by atoms with E-state index < -0.39 is 30.9 Å². The first kappa shape index (κ1) is 22.5. The van der Waals surface area contributed by atoms with Gasteiger partial charge in [-0.2, -0.15) is 10.2 Å². The summed E-state index contributed by atoms with van der Waals surface area (Å²) in [7, 11) is 0. The summed E-state index contributed by atoms with van der Waals surface area (Å²) in [4.78, 5) is 20.3. The van der Waals surface area contributed by atoms with Crippen molar-refractivity contribution in [1.29, 1.82) is 5.26 Å². The van der Waals surface area contributed by atoms with Crippen LogP contribution in [0.5, 0.6) is 11.6 Å². The molecule has 31 heavy (non-hydrogen) atoms. The van der Waals surface area contributed by atoms with Gasteiger partial charge < -0.3 is 29.7 Å². The van der Waals surface area contributed by atoms with Crippen LogP contribution in [0.1, 0.15) is 12.6 Å². The number of aliphatic hydroxyl groups is 2. The number of carbonyl (C=O) groups is 1. The lowest BCUT2D eigenvalue weighted by molar-refractivity contribution is -0.109. The molecular weight excluding hydrogens is 430 g/mol. The zero-order valence-corrected chi connectivity index (χ0v) is 17.2. The van der Waals surface area contributed by atoms with E-state index in [2.05, 4.69) is 20.6 Å². The summed E-state index contributed by atoms with van der Waals surface area (Å²) in [6.45, 7) is 1.43. The highest BCUT2D eigenvalue weighted by molar-refractivity contribution is 6.31. The van der Waals surface area contributed by atoms with Crippen molar-refractivity contribution >= 4 is 29.1 Å². The lowest BCUT2D eigenvalue weighted by Gasteiger charge is -2.27. The Morgan fingerprint density at radius 3 is 2.87 bits per heavy atom. The molecule has 12 heteroatoms. The first-order chi connectivity index (χ1) is 14.9. The lowest BCUT2D eigenvalue weighted by Crippen LogP contribution is -2.45. The van der Waals surface area contributed by atoms with Gasteiger partial charge in [-0.1, -0.05) is 11.6 Å². The van der Waals surface area contributed by atoms with Crippen LogP contribution in [0.2, 0.25) is 5.02 Å². The third-order valence-electron chi connectivity index (χ3n) is 4.23. The van der Waals surface area contributed by atoms with E-state index in [9.17, 15) is 20.3 Å². The van der Waals surface area contributed by atoms with Crippen molar-refractivity contribution in [2.45, 2.75) is 25.2 Å². The van der Waals surface area contributed by atoms with Gasteiger partial charge in [0, 0.05) is 11.6 Å². The molecule has 164 valence electrons. The number of amides is 2. The molecule has 0 fully saturated rings. The number of halogens is 1. The summed E-state index contributed by atoms with van der Waals surface area (Å²) in [6, 6.07) is 5.73. The molecular formula is C19H20ClN5O6. The topological polar surface area (TPSA) is 159 Å². The van der Waals surface area contributed by atoms with E-state index in [0.29, 0.717) is 5.02 Å². The van der Waals surface area contributed by atoms with Crippen LogP contribution in [-0.2, 0) is 4.74 Å². The minimum Gasteiger partial charge on any atom is -0.489 e. The van der Waals surface area contributed by atoms with Gasteiger partial charge in [-0.3, -0.25) is 5.32 Å². The summed E-state index contributed by atoms with van der Waals surface area (Å²) in [5.41, 5.74) is 0.0991. The molecule has 3 rings (SSSR count). The molecule has 2 aromatic rings. The summed E-state index contributed by atoms with van der Waals surface area (Å²) in [6.07, 6.45) is -2.51. The number of urea groups is 1. The molecule has 1 aliphatic heterocycles. The monoisotopic (exact) mass is 449 g/mol. The van der Waals surface area contributed by atoms with Gasteiger partial charge in [-0.25, -0.2) is 9.78 Å². The predicted molar refractivity (Wildman–Crippen MR) is 109 cm³/mol. The highest BCUT2D eigenvalue weighted by atomic mass is 35.5. The van der Waals surface area contributed by atoms with Crippen LogP contribution >= 0.6 is 11.6 Å². The number of aromatic nitrogens is 2. The minimum atomic E-state index is -1.39. The second-order valence-electron chi connectivity index (χ2n) is 6.41. The van der Waals surface area contributed by atoms with Crippen LogP contribution in [0, 0.1) is 11.3 Å². The third kappa shape index (κ3) is 5.71. The molecule has 2 bridgehead atoms. The molecule has 0 saturated heterocycles. The number of nitrogens with one attached hydrogen (secondary N) is 2. The number of nitriles is 1. The number of hydrogen-bond acceptors (Lipinski definition) is 9. The fourth-order valence-corrected chi connectivity index (χ4v) is 2.92. The van der Waals surface area contributed by atoms with Gasteiger partial charge in [0.25, 0.3) is 5.88 Å². The molecule has 4 N–H and O–H groups in total. The summed E-state index contributed by atoms with van der Waals surface area (Å²) >= 11 is 6.03. The first-order valence-corrected chi connectivity index (χ1v) is 9.67. The molecule has 2 heterocycles. The Balaban J connectivity index is 1.98. The average molecular weight is 450 g/mol. The van der Waals surface area contributed by atoms with Crippen LogP contribution in [0.4, 0.5) is 16.3 Å². The highest BCUT2D eigenvalue weighted by Crippen LogP contribution is 2.29. The van der Waals surface area contributed by atoms with Crippen LogP contribution < -0.4 is 20.1 Å². The zero-order chi connectivity index (χ0) is 22.4. The molecule has 0 spiro atoms. The van der Waals surface area contributed by atoms with Gasteiger partial charge in [-0.15, -0.1) is 0 Å². The maximum atomic E-state index is 12.4. The SMILES string of the molecule is CCOC1COc2ccc(Cl)cc2NC(=O)Nc2cnc(C#N)c(n2)OCC(O)C1O. The Morgan fingerprint density at radius 1 is 1.32 bits per heavy atom. The first-order valence-electron chi connectivity index (χ1n) is 9.29. The van der Waals surface area contributed by atoms with Gasteiger partial charge in [0.1, 0.15) is 43.3 Å². The second kappa shape index (κ2) is 10.2. The number of benzene rings is 1. The van der Waals surface area contributed by atoms with Crippen molar-refractivity contribution in [1.82, 2.24) is 9.97 Å². The average Bonchev–Trinajstić information content (AvgIpc) is 2.75. The Bertz CT molecular complexity index is 985. The maximum absolute atomic E-state index is 12.4. The molecule has 3 atom stereocenters. The predicted octanol–water partition coefficient (Wildman–Crippen LogP) is 1.54. The van der Waals surface area contributed by atoms with E-state index >= 15 is 0 Å². The maximum Gasteiger partial charge on any atom is 0.325 e. The van der Waals surface area contributed by atoms with Crippen LogP contribution in [0.25, 0.3) is 0 Å². The van der Waals surface area contributed by atoms with Gasteiger partial charge in [0.15, 0.2) is 5.82 Å². The normalized spacial score (nSPS) is 21.6. The molecule has 2 amide bonds. The summed E-state index contributed by atoms with van der Waals surface area (Å²) in [5, 5.41) is 35.5. The highest BCUT2D eigenvalue weighted by Gasteiger charge is 2.29. The molecule has 3 unspecified atom stereocenters. The van der Waals surface area contributed by atoms with Crippen molar-refractivity contribution in [3.8, 4) is 17.7 Å². The Hall–Kier alpha value is -3.17. The van der Waals surface area contributed by atoms with E-state index in [0.717, 1.165) is 0 Å². The number of anilines is 2. The van der Waals surface area contributed by atoms with Crippen molar-refractivity contribution in [3.05, 3.63) is 35.1 Å². The van der Waals surface area contributed by atoms with Crippen LogP contribution in [0.15, 0.2) is 24.4 Å². The molecule has 1 aromatic carbocycles. The van der Waals surface area contributed by atoms with E-state index in [-0.39, 0.29) is 42.0 Å². The van der Waals surface area contributed by atoms with E-state index in [1.165, 1.54) is 12.3 Å². The smallest absolute Gasteiger partial charge is 0.325 e. The van der Waals surface area contributed by atoms with Gasteiger partial charge in [0.05, 0.1) is 11.9 Å². The number of hydrogen-bond donors (Lipinski definition) is 4. The molecule has 11 nitrogen and oxygen atoms in total. The van der Waals surface area contributed by atoms with E-state index in [4.69, 9.17) is 25.8 Å². The number of fused-ring (bicyclic) bond motifs is 3. The molecule has 0 radical (unpaired) electrons. The molecule has 0 saturated carbocycles. The molecule has 0 aliphatic carbocycles. The number of nitrogens with zero attached hydrogens (tertiary/aromatic N) is 3. The van der Waals surface area contributed by atoms with Crippen molar-refractivity contribution in [2.75, 3.05) is 30.5 Å². The van der Waals surface area contributed by atoms with E-state index in [1.54, 1.807) is 19.1 Å². The Kier molecular flexibility index (Phi) is 7.43. The third-order valence-corrected chi connectivity index (χ3v) is 4.46. The van der Waals surface area contributed by atoms with Gasteiger partial charge in [0.2, 0.25) is 5.69 Å². The Morgan fingerprint density at radius 2 is 2.13 bits per heavy atom. The lowest BCUT2D eigenvalue weighted by atomic mass is 10.1. The number of aliphatic hydroxyl groups excluding tert-OH is 2. The molecule has 1 aromatic heterocycles. The number of carbonyl (C=O) groups excluding carboxylic acids is 1. The van der Waals surface area contributed by atoms with Crippen LogP contribution in [-0.4, -0.2) is 64.3 Å². The molecule has 1 aliphatic rings. The summed E-state index contributed by atoms with van der Waals surface area (Å²) < 4.78 is 16.6. The largest absolute Gasteiger partial charge is 0.489 e. The minimum absolute atomic E-state index is 0.00639. The fraction of sp³-hybridized carbons (Fsp3) is 0.368. The number of rotatable bonds is 2. The number of ether oxygens (including phenoxy) is 3. The van der Waals surface area contributed by atoms with Crippen molar-refractivity contribution in [2.24, 2.45) is 0 Å². The second-order valence-corrected chi connectivity index (χ2v) is 6.85. The Labute approximate surface area is 182 Å². The zero-order valence-electron chi connectivity index (χ0n) is 16.4. The summed E-state index contributed by atoms with van der Waals surface area (Å²) in [5.74, 6) is 0.0471. The van der Waals surface area contributed by atoms with Crippen molar-refractivity contribution < 1.29 is 29.2 Å². The fourth-order valence-electron chi connectivity index (χ4n) is 2.75. The van der Waals surface area contributed by atoms with Gasteiger partial charge in [-0.05, 0) is 25.1 Å². The van der Waals surface area contributed by atoms with E-state index in [1.807, 2.05) is 6.07 Å². The van der Waals surface area contributed by atoms with Crippen molar-refractivity contribution in [3.63, 3.8) is 0 Å².